The van der Waals surface area contributed by atoms with Gasteiger partial charge in [0.25, 0.3) is 0 Å². The molecule has 3 nitrogen and oxygen atoms in total. The van der Waals surface area contributed by atoms with Crippen molar-refractivity contribution in [1.82, 2.24) is 0 Å². The number of halogens is 4. The maximum Gasteiger partial charge on any atom is 0.417 e. The second kappa shape index (κ2) is 8.26. The van der Waals surface area contributed by atoms with Gasteiger partial charge < -0.3 is 9.47 Å². The van der Waals surface area contributed by atoms with Gasteiger partial charge in [-0.25, -0.2) is 4.39 Å². The van der Waals surface area contributed by atoms with Crippen LogP contribution in [0.3, 0.4) is 0 Å². The summed E-state index contributed by atoms with van der Waals surface area (Å²) in [5.41, 5.74) is 0.479. The van der Waals surface area contributed by atoms with Crippen molar-refractivity contribution in [1.29, 1.82) is 0 Å². The van der Waals surface area contributed by atoms with Crippen molar-refractivity contribution in [2.75, 3.05) is 6.61 Å². The summed E-state index contributed by atoms with van der Waals surface area (Å²) in [6.07, 6.45) is -2.57. The van der Waals surface area contributed by atoms with Crippen molar-refractivity contribution in [2.45, 2.75) is 12.8 Å². The number of aldehydes is 1. The van der Waals surface area contributed by atoms with Crippen LogP contribution in [0.1, 0.15) is 16.7 Å². The van der Waals surface area contributed by atoms with Crippen LogP contribution in [-0.2, 0) is 17.6 Å². The lowest BCUT2D eigenvalue weighted by Gasteiger charge is -2.18. The van der Waals surface area contributed by atoms with Crippen molar-refractivity contribution in [3.8, 4) is 22.6 Å². The number of fused-ring (bicyclic) bond motifs is 1. The van der Waals surface area contributed by atoms with Gasteiger partial charge in [-0.05, 0) is 28.8 Å². The van der Waals surface area contributed by atoms with E-state index in [0.717, 1.165) is 12.1 Å². The molecule has 0 atom stereocenters. The molecular formula is C24H16F4O3. The minimum Gasteiger partial charge on any atom is -0.489 e. The Kier molecular flexibility index (Phi) is 5.50. The predicted molar refractivity (Wildman–Crippen MR) is 107 cm³/mol. The van der Waals surface area contributed by atoms with Crippen LogP contribution in [0.15, 0.2) is 66.2 Å². The van der Waals surface area contributed by atoms with Gasteiger partial charge in [-0.3, -0.25) is 4.79 Å². The Bertz CT molecular complexity index is 1150. The van der Waals surface area contributed by atoms with E-state index in [9.17, 15) is 22.4 Å². The van der Waals surface area contributed by atoms with E-state index in [1.54, 1.807) is 36.4 Å². The number of rotatable bonds is 5. The number of ether oxygens (including phenoxy) is 2. The van der Waals surface area contributed by atoms with E-state index >= 15 is 0 Å². The highest BCUT2D eigenvalue weighted by Gasteiger charge is 2.34. The minimum absolute atomic E-state index is 0.00921. The molecule has 1 aliphatic rings. The van der Waals surface area contributed by atoms with E-state index in [2.05, 4.69) is 0 Å². The number of hydrogen-bond acceptors (Lipinski definition) is 3. The summed E-state index contributed by atoms with van der Waals surface area (Å²) in [4.78, 5) is 10.8. The van der Waals surface area contributed by atoms with Crippen molar-refractivity contribution in [3.05, 3.63) is 88.7 Å². The molecular weight excluding hydrogens is 412 g/mol. The van der Waals surface area contributed by atoms with Crippen LogP contribution >= 0.6 is 0 Å². The fourth-order valence-corrected chi connectivity index (χ4v) is 3.32. The van der Waals surface area contributed by atoms with E-state index in [-0.39, 0.29) is 41.4 Å². The highest BCUT2D eigenvalue weighted by Crippen LogP contribution is 2.38. The number of alkyl halides is 3. The molecule has 0 fully saturated rings. The van der Waals surface area contributed by atoms with Crippen LogP contribution in [-0.4, -0.2) is 12.9 Å². The van der Waals surface area contributed by atoms with Gasteiger partial charge in [-0.15, -0.1) is 0 Å². The molecule has 3 aromatic rings. The van der Waals surface area contributed by atoms with Gasteiger partial charge in [0.15, 0.2) is 0 Å². The van der Waals surface area contributed by atoms with Crippen LogP contribution in [0.4, 0.5) is 17.6 Å². The zero-order chi connectivity index (χ0) is 22.0. The topological polar surface area (TPSA) is 35.5 Å². The third kappa shape index (κ3) is 4.45. The smallest absolute Gasteiger partial charge is 0.417 e. The summed E-state index contributed by atoms with van der Waals surface area (Å²) in [6.45, 7) is -0.179. The van der Waals surface area contributed by atoms with E-state index in [0.29, 0.717) is 17.4 Å². The molecule has 0 amide bonds. The van der Waals surface area contributed by atoms with E-state index in [1.807, 2.05) is 0 Å². The molecule has 4 rings (SSSR count). The van der Waals surface area contributed by atoms with Crippen molar-refractivity contribution in [2.24, 2.45) is 0 Å². The number of hydrogen-bond donors (Lipinski definition) is 0. The van der Waals surface area contributed by atoms with Gasteiger partial charge in [0.2, 0.25) is 0 Å². The van der Waals surface area contributed by atoms with Gasteiger partial charge in [0.05, 0.1) is 11.1 Å². The molecule has 0 bridgehead atoms. The zero-order valence-corrected chi connectivity index (χ0v) is 16.1. The lowest BCUT2D eigenvalue weighted by molar-refractivity contribution is -0.137. The SMILES string of the molecule is O=CC1=Cc2c(F)cc(OCc3ccc(-c4ccccc4)c(C(F)(F)F)c3)cc2OC1. The van der Waals surface area contributed by atoms with Gasteiger partial charge in [-0.1, -0.05) is 42.5 Å². The minimum atomic E-state index is -4.55. The molecule has 31 heavy (non-hydrogen) atoms. The van der Waals surface area contributed by atoms with Gasteiger partial charge >= 0.3 is 6.18 Å². The van der Waals surface area contributed by atoms with Crippen LogP contribution < -0.4 is 9.47 Å². The summed E-state index contributed by atoms with van der Waals surface area (Å²) in [5, 5.41) is 0. The molecule has 0 saturated heterocycles. The molecule has 0 radical (unpaired) electrons. The van der Waals surface area contributed by atoms with Gasteiger partial charge in [-0.2, -0.15) is 13.2 Å². The van der Waals surface area contributed by atoms with Gasteiger partial charge in [0, 0.05) is 17.7 Å². The Balaban J connectivity index is 1.59. The van der Waals surface area contributed by atoms with E-state index in [4.69, 9.17) is 9.47 Å². The number of carbonyl (C=O) groups excluding carboxylic acids is 1. The Morgan fingerprint density at radius 2 is 1.81 bits per heavy atom. The number of benzene rings is 3. The molecule has 7 heteroatoms. The van der Waals surface area contributed by atoms with Crippen LogP contribution in [0.5, 0.6) is 11.5 Å². The maximum atomic E-state index is 14.4. The second-order valence-corrected chi connectivity index (χ2v) is 6.98. The highest BCUT2D eigenvalue weighted by molar-refractivity contribution is 5.84. The zero-order valence-electron chi connectivity index (χ0n) is 16.1. The fraction of sp³-hybridized carbons (Fsp3) is 0.125. The second-order valence-electron chi connectivity index (χ2n) is 6.98. The number of carbonyl (C=O) groups is 1. The predicted octanol–water partition coefficient (Wildman–Crippen LogP) is 6.07. The molecule has 0 aliphatic carbocycles. The molecule has 0 N–H and O–H groups in total. The van der Waals surface area contributed by atoms with Gasteiger partial charge in [0.1, 0.15) is 36.8 Å². The summed E-state index contributed by atoms with van der Waals surface area (Å²) in [6, 6.07) is 14.8. The van der Waals surface area contributed by atoms with Crippen molar-refractivity contribution < 1.29 is 31.8 Å². The largest absolute Gasteiger partial charge is 0.489 e. The Morgan fingerprint density at radius 3 is 2.52 bits per heavy atom. The van der Waals surface area contributed by atoms with Crippen molar-refractivity contribution in [3.63, 3.8) is 0 Å². The summed E-state index contributed by atoms with van der Waals surface area (Å²) >= 11 is 0. The lowest BCUT2D eigenvalue weighted by Crippen LogP contribution is -2.10. The molecule has 158 valence electrons. The monoisotopic (exact) mass is 428 g/mol. The van der Waals surface area contributed by atoms with Crippen LogP contribution in [0.25, 0.3) is 17.2 Å². The molecule has 0 spiro atoms. The summed E-state index contributed by atoms with van der Waals surface area (Å²) in [5.74, 6) is -0.335. The lowest BCUT2D eigenvalue weighted by atomic mass is 9.97. The average molecular weight is 428 g/mol. The quantitative estimate of drug-likeness (QED) is 0.366. The third-order valence-electron chi connectivity index (χ3n) is 4.82. The van der Waals surface area contributed by atoms with E-state index < -0.39 is 17.6 Å². The fourth-order valence-electron chi connectivity index (χ4n) is 3.32. The Hall–Kier alpha value is -3.61. The molecule has 0 unspecified atom stereocenters. The molecule has 1 heterocycles. The molecule has 0 aromatic heterocycles. The Labute approximate surface area is 175 Å². The summed E-state index contributed by atoms with van der Waals surface area (Å²) < 4.78 is 66.2. The Morgan fingerprint density at radius 1 is 1.03 bits per heavy atom. The first kappa shape index (κ1) is 20.7. The normalized spacial score (nSPS) is 13.1. The first-order chi connectivity index (χ1) is 14.8. The highest BCUT2D eigenvalue weighted by atomic mass is 19.4. The third-order valence-corrected chi connectivity index (χ3v) is 4.82. The molecule has 1 aliphatic heterocycles. The standard InChI is InChI=1S/C24H16F4O3/c25-22-10-18(11-23-20(22)8-16(12-29)14-31-23)30-13-15-6-7-19(17-4-2-1-3-5-17)21(9-15)24(26,27)28/h1-12H,13-14H2. The molecule has 3 aromatic carbocycles. The van der Waals surface area contributed by atoms with Crippen LogP contribution in [0, 0.1) is 5.82 Å². The first-order valence-corrected chi connectivity index (χ1v) is 9.35. The van der Waals surface area contributed by atoms with E-state index in [1.165, 1.54) is 18.2 Å². The summed E-state index contributed by atoms with van der Waals surface area (Å²) in [7, 11) is 0. The average Bonchev–Trinajstić information content (AvgIpc) is 2.77. The maximum absolute atomic E-state index is 14.4. The first-order valence-electron chi connectivity index (χ1n) is 9.35. The molecule has 0 saturated carbocycles. The van der Waals surface area contributed by atoms with Crippen LogP contribution in [0.2, 0.25) is 0 Å². The van der Waals surface area contributed by atoms with Crippen molar-refractivity contribution >= 4 is 12.4 Å².